The molecular formula is HO11Si7. The van der Waals surface area contributed by atoms with Crippen LogP contribution in [0, 0.1) is 0 Å². The molecule has 4 heterocycles. The highest BCUT2D eigenvalue weighted by molar-refractivity contribution is 6.80. The third-order valence-electron chi connectivity index (χ3n) is 1.67. The number of rotatable bonds is 0. The second-order valence-electron chi connectivity index (χ2n) is 2.79. The van der Waals surface area contributed by atoms with E-state index in [-0.39, 0.29) is 0 Å². The van der Waals surface area contributed by atoms with Crippen LogP contribution in [-0.2, 0) is 41.2 Å². The van der Waals surface area contributed by atoms with Gasteiger partial charge < -0.3 is 45.9 Å². The first-order valence-electron chi connectivity index (χ1n) is 4.31. The summed E-state index contributed by atoms with van der Waals surface area (Å²) in [6, 6.07) is 0. The summed E-state index contributed by atoms with van der Waals surface area (Å²) in [6.45, 7) is 0. The maximum atomic E-state index is 9.56. The van der Waals surface area contributed by atoms with Gasteiger partial charge in [0.15, 0.2) is 0 Å². The van der Waals surface area contributed by atoms with Crippen LogP contribution < -0.4 is 0 Å². The molecule has 7 radical (unpaired) electrons. The lowest BCUT2D eigenvalue weighted by molar-refractivity contribution is 0.0510. The molecule has 6 bridgehead atoms. The molecular weight excluding hydrogens is 373 g/mol. The maximum absolute atomic E-state index is 9.56. The van der Waals surface area contributed by atoms with E-state index >= 15 is 0 Å². The van der Waals surface area contributed by atoms with E-state index in [2.05, 4.69) is 0 Å². The zero-order valence-corrected chi connectivity index (χ0v) is 15.0. The summed E-state index contributed by atoms with van der Waals surface area (Å²) >= 11 is 0. The molecule has 1 N–H and O–H groups in total. The Morgan fingerprint density at radius 2 is 0.611 bits per heavy atom. The third kappa shape index (κ3) is 2.62. The third-order valence-corrected chi connectivity index (χ3v) is 15.1. The van der Waals surface area contributed by atoms with E-state index in [1.807, 2.05) is 0 Å². The minimum absolute atomic E-state index is 2.03. The van der Waals surface area contributed by atoms with Crippen molar-refractivity contribution in [3.05, 3.63) is 0 Å². The van der Waals surface area contributed by atoms with Crippen LogP contribution in [0.2, 0.25) is 0 Å². The lowest BCUT2D eigenvalue weighted by atomic mass is 15.5. The fraction of sp³-hybridized carbons (Fsp3) is 0. The van der Waals surface area contributed by atoms with Crippen molar-refractivity contribution in [2.75, 3.05) is 0 Å². The Labute approximate surface area is 113 Å². The number of fused-ring (bicyclic) bond motifs is 4. The first-order valence-corrected chi connectivity index (χ1v) is 12.9. The Bertz CT molecular complexity index is 292. The van der Waals surface area contributed by atoms with Crippen LogP contribution in [0.1, 0.15) is 0 Å². The smallest absolute Gasteiger partial charge is 0.388 e. The first kappa shape index (κ1) is 12.8. The molecule has 18 heteroatoms. The largest absolute Gasteiger partial charge is 0.558 e. The van der Waals surface area contributed by atoms with Gasteiger partial charge in [-0.3, -0.25) is 0 Å². The Kier molecular flexibility index (Phi) is 3.64. The minimum Gasteiger partial charge on any atom is -0.388 e. The van der Waals surface area contributed by atoms with Gasteiger partial charge >= 0.3 is 66.7 Å². The van der Waals surface area contributed by atoms with Crippen LogP contribution in [0.3, 0.4) is 0 Å². The fourth-order valence-corrected chi connectivity index (χ4v) is 16.9. The van der Waals surface area contributed by atoms with Crippen molar-refractivity contribution in [1.29, 1.82) is 0 Å². The van der Waals surface area contributed by atoms with Gasteiger partial charge in [-0.25, -0.2) is 0 Å². The zero-order chi connectivity index (χ0) is 12.1. The summed E-state index contributed by atoms with van der Waals surface area (Å²) in [7, 11) is -15.5. The summed E-state index contributed by atoms with van der Waals surface area (Å²) in [6.07, 6.45) is 0. The highest BCUT2D eigenvalue weighted by Crippen LogP contribution is 2.22. The quantitative estimate of drug-likeness (QED) is 0.420. The van der Waals surface area contributed by atoms with Crippen LogP contribution in [0.25, 0.3) is 0 Å². The monoisotopic (exact) mass is 373 g/mol. The molecule has 11 nitrogen and oxygen atoms in total. The van der Waals surface area contributed by atoms with Gasteiger partial charge in [0.2, 0.25) is 0 Å². The Balaban J connectivity index is 1.67. The van der Waals surface area contributed by atoms with Crippen molar-refractivity contribution < 1.29 is 45.9 Å². The maximum Gasteiger partial charge on any atom is 0.558 e. The summed E-state index contributed by atoms with van der Waals surface area (Å²) < 4.78 is 53.4. The Morgan fingerprint density at radius 1 is 0.389 bits per heavy atom. The SMILES string of the molecule is O[Si]1O[Si]2O[Si]3O[Si](O1)O[Si]1O[Si](O2)O[Si](O3)O1. The average Bonchev–Trinajstić information content (AvgIpc) is 2.23. The molecule has 95 valence electrons. The van der Waals surface area contributed by atoms with E-state index in [9.17, 15) is 4.80 Å². The van der Waals surface area contributed by atoms with E-state index in [1.54, 1.807) is 0 Å². The Morgan fingerprint density at radius 3 is 0.889 bits per heavy atom. The molecule has 0 spiro atoms. The molecule has 18 heavy (non-hydrogen) atoms. The molecule has 4 aliphatic heterocycles. The van der Waals surface area contributed by atoms with Crippen molar-refractivity contribution in [3.8, 4) is 0 Å². The second kappa shape index (κ2) is 5.12. The molecule has 0 saturated carbocycles. The topological polar surface area (TPSA) is 113 Å². The van der Waals surface area contributed by atoms with Crippen molar-refractivity contribution >= 4 is 66.7 Å². The van der Waals surface area contributed by atoms with E-state index in [4.69, 9.17) is 41.2 Å². The lowest BCUT2D eigenvalue weighted by Gasteiger charge is -2.38. The van der Waals surface area contributed by atoms with Gasteiger partial charge in [0.1, 0.15) is 0 Å². The molecule has 0 unspecified atom stereocenters. The highest BCUT2D eigenvalue weighted by atomic mass is 28.6. The average molecular weight is 374 g/mol. The van der Waals surface area contributed by atoms with Crippen LogP contribution in [-0.4, -0.2) is 71.5 Å². The molecule has 4 fully saturated rings. The minimum atomic E-state index is -2.56. The van der Waals surface area contributed by atoms with Gasteiger partial charge in [0, 0.05) is 0 Å². The molecule has 4 saturated heterocycles. The van der Waals surface area contributed by atoms with Crippen molar-refractivity contribution in [3.63, 3.8) is 0 Å². The molecule has 4 rings (SSSR count). The van der Waals surface area contributed by atoms with E-state index in [0.29, 0.717) is 0 Å². The van der Waals surface area contributed by atoms with E-state index in [1.165, 1.54) is 0 Å². The lowest BCUT2D eigenvalue weighted by Crippen LogP contribution is -2.66. The van der Waals surface area contributed by atoms with Gasteiger partial charge in [-0.2, -0.15) is 0 Å². The van der Waals surface area contributed by atoms with Gasteiger partial charge in [-0.15, -0.1) is 0 Å². The number of hydrogen-bond acceptors (Lipinski definition) is 11. The fourth-order valence-electron chi connectivity index (χ4n) is 1.08. The van der Waals surface area contributed by atoms with Gasteiger partial charge in [-0.05, 0) is 0 Å². The molecule has 0 amide bonds. The van der Waals surface area contributed by atoms with Gasteiger partial charge in [0.25, 0.3) is 0 Å². The predicted molar refractivity (Wildman–Crippen MR) is 53.3 cm³/mol. The summed E-state index contributed by atoms with van der Waals surface area (Å²) in [5.74, 6) is 0. The summed E-state index contributed by atoms with van der Waals surface area (Å²) in [5, 5.41) is 0. The van der Waals surface area contributed by atoms with Crippen LogP contribution in [0.4, 0.5) is 0 Å². The molecule has 0 aromatic heterocycles. The molecule has 0 aromatic carbocycles. The van der Waals surface area contributed by atoms with E-state index in [0.717, 1.165) is 0 Å². The van der Waals surface area contributed by atoms with Gasteiger partial charge in [-0.1, -0.05) is 0 Å². The molecule has 0 aliphatic carbocycles. The number of hydrogen-bond donors (Lipinski definition) is 1. The molecule has 0 aromatic rings. The van der Waals surface area contributed by atoms with Crippen molar-refractivity contribution in [2.24, 2.45) is 0 Å². The summed E-state index contributed by atoms with van der Waals surface area (Å²) in [4.78, 5) is 9.56. The molecule has 4 aliphatic rings. The normalized spacial score (nSPS) is 34.5. The van der Waals surface area contributed by atoms with Crippen LogP contribution in [0.5, 0.6) is 0 Å². The zero-order valence-electron chi connectivity index (χ0n) is 8.03. The first-order chi connectivity index (χ1) is 8.74. The van der Waals surface area contributed by atoms with Crippen molar-refractivity contribution in [2.45, 2.75) is 0 Å². The van der Waals surface area contributed by atoms with Crippen LogP contribution in [0.15, 0.2) is 0 Å². The standard InChI is InChI=1S/HO11Si7/c1-12-2-13-4-15-5-14(3-12)7-17-9-16(6-13)10-18(8-15)11-17/h1H. The second-order valence-corrected chi connectivity index (χ2v) is 14.5. The highest BCUT2D eigenvalue weighted by Gasteiger charge is 2.58. The Hall–Kier alpha value is 1.08. The predicted octanol–water partition coefficient (Wildman–Crippen LogP) is -3.91. The van der Waals surface area contributed by atoms with Gasteiger partial charge in [0.05, 0.1) is 0 Å². The van der Waals surface area contributed by atoms with E-state index < -0.39 is 66.7 Å². The molecule has 0 atom stereocenters. The van der Waals surface area contributed by atoms with Crippen LogP contribution >= 0.6 is 0 Å². The van der Waals surface area contributed by atoms with Crippen molar-refractivity contribution in [1.82, 2.24) is 0 Å². The summed E-state index contributed by atoms with van der Waals surface area (Å²) in [5.41, 5.74) is 0.